The second kappa shape index (κ2) is 10.6. The lowest BCUT2D eigenvalue weighted by atomic mass is 9.96. The minimum Gasteiger partial charge on any atom is -0.379 e. The average Bonchev–Trinajstić information content (AvgIpc) is 3.01. The Morgan fingerprint density at radius 2 is 2.18 bits per heavy atom. The van der Waals surface area contributed by atoms with Gasteiger partial charge in [0.2, 0.25) is 0 Å². The third-order valence-corrected chi connectivity index (χ3v) is 5.23. The summed E-state index contributed by atoms with van der Waals surface area (Å²) in [6, 6.07) is 0. The van der Waals surface area contributed by atoms with Crippen LogP contribution >= 0.6 is 35.7 Å². The number of nitrogens with one attached hydrogen (secondary N) is 2. The van der Waals surface area contributed by atoms with E-state index in [2.05, 4.69) is 28.4 Å². The van der Waals surface area contributed by atoms with E-state index in [1.807, 2.05) is 11.8 Å². The Hall–Kier alpha value is -0.170. The van der Waals surface area contributed by atoms with Crippen molar-refractivity contribution in [2.45, 2.75) is 18.9 Å². The van der Waals surface area contributed by atoms with Gasteiger partial charge >= 0.3 is 0 Å². The summed E-state index contributed by atoms with van der Waals surface area (Å²) in [4.78, 5) is 7.36. The topological polar surface area (TPSA) is 48.9 Å². The Bertz CT molecular complexity index is 387. The third kappa shape index (κ3) is 5.48. The molecule has 0 saturated carbocycles. The Morgan fingerprint density at radius 1 is 1.41 bits per heavy atom. The van der Waals surface area contributed by atoms with Crippen molar-refractivity contribution in [3.05, 3.63) is 0 Å². The van der Waals surface area contributed by atoms with Crippen molar-refractivity contribution in [2.75, 3.05) is 57.4 Å². The van der Waals surface area contributed by atoms with E-state index in [9.17, 15) is 0 Å². The third-order valence-electron chi connectivity index (χ3n) is 4.00. The van der Waals surface area contributed by atoms with Crippen LogP contribution in [-0.4, -0.2) is 73.8 Å². The van der Waals surface area contributed by atoms with Gasteiger partial charge in [0.1, 0.15) is 0 Å². The smallest absolute Gasteiger partial charge is 0.192 e. The summed E-state index contributed by atoms with van der Waals surface area (Å²) < 4.78 is 5.49. The normalized spacial score (nSPS) is 26.1. The van der Waals surface area contributed by atoms with Crippen molar-refractivity contribution in [3.8, 4) is 12.3 Å². The summed E-state index contributed by atoms with van der Waals surface area (Å²) in [6.45, 7) is 7.95. The van der Waals surface area contributed by atoms with E-state index in [0.29, 0.717) is 6.54 Å². The molecule has 2 fully saturated rings. The van der Waals surface area contributed by atoms with Crippen LogP contribution in [0.2, 0.25) is 0 Å². The van der Waals surface area contributed by atoms with E-state index in [-0.39, 0.29) is 29.5 Å². The summed E-state index contributed by atoms with van der Waals surface area (Å²) in [5, 5.41) is 6.42. The van der Waals surface area contributed by atoms with E-state index in [1.165, 1.54) is 12.2 Å². The number of thioether (sulfide) groups is 1. The molecular weight excluding hydrogens is 411 g/mol. The van der Waals surface area contributed by atoms with E-state index in [0.717, 1.165) is 51.1 Å². The SMILES string of the molecule is C#CCNC(=NCC1(N2CCOCC2)CCSC1)NCC.I. The molecule has 5 nitrogen and oxygen atoms in total. The lowest BCUT2D eigenvalue weighted by molar-refractivity contribution is -0.0104. The van der Waals surface area contributed by atoms with Crippen molar-refractivity contribution >= 4 is 41.7 Å². The minimum absolute atomic E-state index is 0. The van der Waals surface area contributed by atoms with Crippen LogP contribution in [0, 0.1) is 12.3 Å². The van der Waals surface area contributed by atoms with Gasteiger partial charge in [0.25, 0.3) is 0 Å². The van der Waals surface area contributed by atoms with Crippen molar-refractivity contribution in [1.29, 1.82) is 0 Å². The van der Waals surface area contributed by atoms with Gasteiger partial charge in [0.15, 0.2) is 5.96 Å². The molecule has 0 amide bonds. The molecule has 2 saturated heterocycles. The monoisotopic (exact) mass is 438 g/mol. The van der Waals surface area contributed by atoms with Gasteiger partial charge in [-0.25, -0.2) is 0 Å². The zero-order valence-electron chi connectivity index (χ0n) is 13.3. The molecule has 2 aliphatic heterocycles. The van der Waals surface area contributed by atoms with Gasteiger partial charge < -0.3 is 15.4 Å². The van der Waals surface area contributed by atoms with Crippen LogP contribution in [0.15, 0.2) is 4.99 Å². The Morgan fingerprint density at radius 3 is 2.77 bits per heavy atom. The highest BCUT2D eigenvalue weighted by molar-refractivity contribution is 14.0. The molecule has 0 radical (unpaired) electrons. The molecule has 126 valence electrons. The largest absolute Gasteiger partial charge is 0.379 e. The first-order valence-electron chi connectivity index (χ1n) is 7.67. The van der Waals surface area contributed by atoms with Gasteiger partial charge in [0.05, 0.1) is 31.8 Å². The van der Waals surface area contributed by atoms with Crippen LogP contribution in [-0.2, 0) is 4.74 Å². The predicted octanol–water partition coefficient (Wildman–Crippen LogP) is 1.00. The van der Waals surface area contributed by atoms with Gasteiger partial charge in [-0.15, -0.1) is 30.4 Å². The molecule has 0 aromatic carbocycles. The molecule has 7 heteroatoms. The van der Waals surface area contributed by atoms with Crippen LogP contribution in [0.4, 0.5) is 0 Å². The van der Waals surface area contributed by atoms with Gasteiger partial charge in [-0.2, -0.15) is 11.8 Å². The molecule has 2 rings (SSSR count). The molecule has 2 heterocycles. The molecule has 2 aliphatic rings. The summed E-state index contributed by atoms with van der Waals surface area (Å²) in [7, 11) is 0. The Labute approximate surface area is 155 Å². The summed E-state index contributed by atoms with van der Waals surface area (Å²) in [5.74, 6) is 5.80. The fourth-order valence-electron chi connectivity index (χ4n) is 2.81. The maximum absolute atomic E-state index is 5.49. The summed E-state index contributed by atoms with van der Waals surface area (Å²) in [6.07, 6.45) is 6.52. The number of rotatable bonds is 5. The second-order valence-corrected chi connectivity index (χ2v) is 6.48. The van der Waals surface area contributed by atoms with E-state index in [4.69, 9.17) is 16.2 Å². The van der Waals surface area contributed by atoms with Crippen molar-refractivity contribution in [1.82, 2.24) is 15.5 Å². The summed E-state index contributed by atoms with van der Waals surface area (Å²) >= 11 is 2.03. The number of guanidine groups is 1. The molecule has 2 N–H and O–H groups in total. The number of halogens is 1. The first-order chi connectivity index (χ1) is 10.3. The highest BCUT2D eigenvalue weighted by Gasteiger charge is 2.40. The fraction of sp³-hybridized carbons (Fsp3) is 0.800. The maximum atomic E-state index is 5.49. The highest BCUT2D eigenvalue weighted by Crippen LogP contribution is 2.34. The molecule has 22 heavy (non-hydrogen) atoms. The van der Waals surface area contributed by atoms with Gasteiger partial charge in [-0.1, -0.05) is 5.92 Å². The van der Waals surface area contributed by atoms with Crippen molar-refractivity contribution < 1.29 is 4.74 Å². The number of aliphatic imine (C=N–C) groups is 1. The van der Waals surface area contributed by atoms with Gasteiger partial charge in [0, 0.05) is 25.4 Å². The zero-order chi connectivity index (χ0) is 15.0. The number of nitrogens with zero attached hydrogens (tertiary/aromatic N) is 2. The lowest BCUT2D eigenvalue weighted by Crippen LogP contribution is -2.56. The number of hydrogen-bond donors (Lipinski definition) is 2. The second-order valence-electron chi connectivity index (χ2n) is 5.38. The fourth-order valence-corrected chi connectivity index (χ4v) is 4.28. The molecular formula is C15H27IN4OS. The Balaban J connectivity index is 0.00000242. The lowest BCUT2D eigenvalue weighted by Gasteiger charge is -2.42. The average molecular weight is 438 g/mol. The number of terminal acetylenes is 1. The number of morpholine rings is 1. The molecule has 0 spiro atoms. The molecule has 1 atom stereocenters. The molecule has 0 aromatic heterocycles. The first kappa shape index (κ1) is 19.9. The quantitative estimate of drug-likeness (QED) is 0.290. The molecule has 1 unspecified atom stereocenters. The molecule has 0 bridgehead atoms. The van der Waals surface area contributed by atoms with Crippen LogP contribution in [0.5, 0.6) is 0 Å². The van der Waals surface area contributed by atoms with Crippen LogP contribution in [0.3, 0.4) is 0 Å². The standard InChI is InChI=1S/C15H26N4OS.HI/c1-3-6-17-14(16-4-2)18-12-15(5-11-21-13-15)19-7-9-20-10-8-19;/h1H,4-13H2,2H3,(H2,16,17,18);1H. The number of hydrogen-bond acceptors (Lipinski definition) is 4. The Kier molecular flexibility index (Phi) is 9.55. The van der Waals surface area contributed by atoms with Gasteiger partial charge in [-0.3, -0.25) is 9.89 Å². The zero-order valence-corrected chi connectivity index (χ0v) is 16.4. The van der Waals surface area contributed by atoms with E-state index >= 15 is 0 Å². The van der Waals surface area contributed by atoms with Crippen LogP contribution in [0.25, 0.3) is 0 Å². The number of ether oxygens (including phenoxy) is 1. The van der Waals surface area contributed by atoms with Crippen molar-refractivity contribution in [2.24, 2.45) is 4.99 Å². The van der Waals surface area contributed by atoms with E-state index in [1.54, 1.807) is 0 Å². The highest BCUT2D eigenvalue weighted by atomic mass is 127. The summed E-state index contributed by atoms with van der Waals surface area (Å²) in [5.41, 5.74) is 0.187. The van der Waals surface area contributed by atoms with Crippen LogP contribution in [0.1, 0.15) is 13.3 Å². The van der Waals surface area contributed by atoms with E-state index < -0.39 is 0 Å². The molecule has 0 aromatic rings. The predicted molar refractivity (Wildman–Crippen MR) is 105 cm³/mol. The van der Waals surface area contributed by atoms with Crippen molar-refractivity contribution in [3.63, 3.8) is 0 Å². The van der Waals surface area contributed by atoms with Crippen LogP contribution < -0.4 is 10.6 Å². The molecule has 0 aliphatic carbocycles. The first-order valence-corrected chi connectivity index (χ1v) is 8.82. The minimum atomic E-state index is 0. The maximum Gasteiger partial charge on any atom is 0.192 e. The van der Waals surface area contributed by atoms with Gasteiger partial charge in [-0.05, 0) is 19.1 Å².